The molecule has 0 aromatic heterocycles. The van der Waals surface area contributed by atoms with Crippen LogP contribution in [0.25, 0.3) is 0 Å². The van der Waals surface area contributed by atoms with Gasteiger partial charge in [-0.3, -0.25) is 0 Å². The van der Waals surface area contributed by atoms with Crippen molar-refractivity contribution in [3.8, 4) is 0 Å². The molecule has 1 aliphatic heterocycles. The molecule has 2 bridgehead atoms. The summed E-state index contributed by atoms with van der Waals surface area (Å²) in [6.07, 6.45) is -2.59. The number of ether oxygens (including phenoxy) is 1. The molecule has 9 nitrogen and oxygen atoms in total. The number of esters is 1. The number of carbonyl (C=O) groups excluding carboxylic acids is 2. The molecule has 0 radical (unpaired) electrons. The summed E-state index contributed by atoms with van der Waals surface area (Å²) in [5, 5.41) is -1.25. The van der Waals surface area contributed by atoms with E-state index in [4.69, 9.17) is 8.92 Å². The molecule has 1 saturated heterocycles. The van der Waals surface area contributed by atoms with Gasteiger partial charge in [-0.15, -0.1) is 0 Å². The Balaban J connectivity index is 1.66. The monoisotopic (exact) mass is 1080 g/mol. The summed E-state index contributed by atoms with van der Waals surface area (Å²) in [4.78, 5) is 25.6. The molecule has 1 heterocycles. The van der Waals surface area contributed by atoms with Gasteiger partial charge in [0, 0.05) is 0 Å². The average molecular weight is 1080 g/mol. The van der Waals surface area contributed by atoms with Crippen molar-refractivity contribution in [3.05, 3.63) is 17.7 Å². The van der Waals surface area contributed by atoms with E-state index in [2.05, 4.69) is 0 Å². The molecule has 1 aromatic rings. The van der Waals surface area contributed by atoms with Crippen molar-refractivity contribution in [3.63, 3.8) is 0 Å². The molecule has 170 valence electrons. The third kappa shape index (κ3) is 4.47. The van der Waals surface area contributed by atoms with E-state index in [0.717, 1.165) is 14.1 Å². The summed E-state index contributed by atoms with van der Waals surface area (Å²) in [5.74, 6) is -5.57. The Kier molecular flexibility index (Phi) is 7.14. The SMILES string of the molecule is O=C(OC1C2CC3C(OS(=O)(=O)C31)C2C(=O)NS(=O)(=O)C(F)(F)F)c1[c]([Tl])cc[c]([Tl])[c]1[Tl]. The Hall–Kier alpha value is 0.576. The van der Waals surface area contributed by atoms with Crippen LogP contribution in [0, 0.1) is 17.8 Å². The van der Waals surface area contributed by atoms with Crippen LogP contribution in [0.2, 0.25) is 0 Å². The number of alkyl halides is 3. The van der Waals surface area contributed by atoms with Crippen LogP contribution in [0.3, 0.4) is 0 Å². The Morgan fingerprint density at radius 3 is 2.33 bits per heavy atom. The van der Waals surface area contributed by atoms with Gasteiger partial charge in [0.15, 0.2) is 0 Å². The first-order valence-electron chi connectivity index (χ1n) is 9.26. The van der Waals surface area contributed by atoms with Crippen molar-refractivity contribution in [2.45, 2.75) is 29.4 Å². The second kappa shape index (κ2) is 8.85. The Bertz CT molecular complexity index is 1270. The van der Waals surface area contributed by atoms with Crippen LogP contribution in [0.4, 0.5) is 13.2 Å². The van der Waals surface area contributed by atoms with Crippen LogP contribution >= 0.6 is 0 Å². The van der Waals surface area contributed by atoms with E-state index in [0.29, 0.717) is 82.9 Å². The van der Waals surface area contributed by atoms with Crippen LogP contribution in [0.5, 0.6) is 0 Å². The predicted octanol–water partition coefficient (Wildman–Crippen LogP) is -3.08. The standard InChI is InChI=1S/C16H11F3NO8S2.3Tl/c17-16(18,19)30(25,26)20-14(21)10-8-6-9-11(10)28-29(23,24)13(9)12(8)27-15(22)7-4-2-1-3-5-7;;;/h1-2,8-13H,6H2,(H,20,21);;;. The van der Waals surface area contributed by atoms with Crippen molar-refractivity contribution in [2.75, 3.05) is 0 Å². The van der Waals surface area contributed by atoms with E-state index >= 15 is 0 Å². The first kappa shape index (κ1) is 26.6. The van der Waals surface area contributed by atoms with E-state index in [-0.39, 0.29) is 6.42 Å². The number of halogens is 3. The maximum atomic E-state index is 13.1. The van der Waals surface area contributed by atoms with Gasteiger partial charge in [-0.25, -0.2) is 0 Å². The molecule has 6 unspecified atom stereocenters. The molecule has 1 aromatic carbocycles. The molecular formula is C16H11F3NO8S2Tl3. The Morgan fingerprint density at radius 2 is 1.73 bits per heavy atom. The fraction of sp³-hybridized carbons (Fsp3) is 0.500. The number of sulfonamides is 1. The topological polar surface area (TPSA) is 133 Å². The van der Waals surface area contributed by atoms with Gasteiger partial charge in [-0.1, -0.05) is 0 Å². The minimum absolute atomic E-state index is 0.0454. The molecule has 1 N–H and O–H groups in total. The molecule has 3 aliphatic rings. The zero-order valence-corrected chi connectivity index (χ0v) is 31.4. The van der Waals surface area contributed by atoms with Crippen molar-refractivity contribution >= 4 is 119 Å². The van der Waals surface area contributed by atoms with Crippen molar-refractivity contribution in [1.82, 2.24) is 4.72 Å². The number of nitrogens with one attached hydrogen (secondary N) is 1. The van der Waals surface area contributed by atoms with Crippen molar-refractivity contribution in [1.29, 1.82) is 0 Å². The summed E-state index contributed by atoms with van der Waals surface area (Å²) in [7, 11) is -10.3. The second-order valence-electron chi connectivity index (χ2n) is 7.93. The molecule has 1 amide bonds. The molecule has 2 saturated carbocycles. The summed E-state index contributed by atoms with van der Waals surface area (Å²) in [5.41, 5.74) is -5.32. The van der Waals surface area contributed by atoms with Gasteiger partial charge in [0.25, 0.3) is 0 Å². The van der Waals surface area contributed by atoms with E-state index in [9.17, 15) is 39.6 Å². The number of benzene rings is 1. The van der Waals surface area contributed by atoms with Crippen molar-refractivity contribution < 1.29 is 48.5 Å². The summed E-state index contributed by atoms with van der Waals surface area (Å²) in [6, 6.07) is 3.78. The summed E-state index contributed by atoms with van der Waals surface area (Å²) >= 11 is 1.10. The zero-order chi connectivity index (χ0) is 24.7. The molecule has 2 aliphatic carbocycles. The third-order valence-corrected chi connectivity index (χ3v) is 20.3. The van der Waals surface area contributed by atoms with Crippen LogP contribution in [-0.2, 0) is 33.9 Å². The van der Waals surface area contributed by atoms with E-state index in [1.165, 1.54) is 0 Å². The molecule has 33 heavy (non-hydrogen) atoms. The Morgan fingerprint density at radius 1 is 1.12 bits per heavy atom. The third-order valence-electron chi connectivity index (χ3n) is 6.13. The van der Waals surface area contributed by atoms with Gasteiger partial charge in [0.2, 0.25) is 0 Å². The van der Waals surface area contributed by atoms with E-state index in [1.54, 1.807) is 0 Å². The fourth-order valence-corrected chi connectivity index (χ4v) is 13.7. The first-order valence-corrected chi connectivity index (χ1v) is 18.9. The summed E-state index contributed by atoms with van der Waals surface area (Å²) < 4.78 is 101. The summed E-state index contributed by atoms with van der Waals surface area (Å²) in [6.45, 7) is 0. The van der Waals surface area contributed by atoms with E-state index < -0.39 is 72.7 Å². The number of carbonyl (C=O) groups is 2. The number of fused-ring (bicyclic) bond motifs is 1. The zero-order valence-electron chi connectivity index (χ0n) is 16.3. The number of amides is 1. The van der Waals surface area contributed by atoms with Crippen LogP contribution in [0.15, 0.2) is 12.1 Å². The fourth-order valence-electron chi connectivity index (χ4n) is 4.80. The second-order valence-corrected chi connectivity index (χ2v) is 18.4. The van der Waals surface area contributed by atoms with Gasteiger partial charge in [-0.2, -0.15) is 0 Å². The van der Waals surface area contributed by atoms with Gasteiger partial charge in [0.05, 0.1) is 0 Å². The Labute approximate surface area is 234 Å². The quantitative estimate of drug-likeness (QED) is 0.191. The van der Waals surface area contributed by atoms with Crippen LogP contribution < -0.4 is 14.1 Å². The number of rotatable bonds is 4. The van der Waals surface area contributed by atoms with Gasteiger partial charge < -0.3 is 0 Å². The minimum atomic E-state index is -5.99. The number of hydrogen-bond donors (Lipinski definition) is 1. The molecule has 6 atom stereocenters. The van der Waals surface area contributed by atoms with Gasteiger partial charge in [0.1, 0.15) is 0 Å². The molecule has 0 spiro atoms. The molecule has 4 rings (SSSR count). The first-order chi connectivity index (χ1) is 15.1. The predicted molar refractivity (Wildman–Crippen MR) is 108 cm³/mol. The van der Waals surface area contributed by atoms with Crippen LogP contribution in [0.1, 0.15) is 16.8 Å². The molecule has 3 fully saturated rings. The van der Waals surface area contributed by atoms with Gasteiger partial charge in [-0.05, 0) is 0 Å². The van der Waals surface area contributed by atoms with Crippen LogP contribution in [-0.4, -0.2) is 129 Å². The van der Waals surface area contributed by atoms with Crippen molar-refractivity contribution in [2.24, 2.45) is 17.8 Å². The normalized spacial score (nSPS) is 31.9. The molecular weight excluding hydrogens is 1070 g/mol. The van der Waals surface area contributed by atoms with Gasteiger partial charge >= 0.3 is 237 Å². The average Bonchev–Trinajstić information content (AvgIpc) is 3.25. The maximum absolute atomic E-state index is 13.1. The molecule has 17 heteroatoms. The van der Waals surface area contributed by atoms with E-state index in [1.807, 2.05) is 12.1 Å². The number of hydrogen-bond acceptors (Lipinski definition) is 8.